The molecule has 7 heteroatoms. The molecule has 7 nitrogen and oxygen atoms in total. The van der Waals surface area contributed by atoms with Gasteiger partial charge in [0.05, 0.1) is 13.1 Å². The number of alkyl carbamates (subject to hydrolysis) is 1. The number of benzene rings is 2. The fourth-order valence-corrected chi connectivity index (χ4v) is 3.96. The van der Waals surface area contributed by atoms with Crippen molar-refractivity contribution in [2.45, 2.75) is 24.8 Å². The lowest BCUT2D eigenvalue weighted by Crippen LogP contribution is -2.49. The standard InChI is InChI=1S/C26H24N2O5/c1-3-15-28(16-4-2)25(31)23(13-14-24(29)30)27-26(32)33-17-22-20-11-7-5-9-18(20)19-10-6-8-12-21(19)22/h1-2,5-12,22-23H,13-17H2,(H,27,32)(H,29,30). The quantitative estimate of drug-likeness (QED) is 0.580. The number of carbonyl (C=O) groups excluding carboxylic acids is 2. The van der Waals surface area contributed by atoms with Crippen molar-refractivity contribution in [3.63, 3.8) is 0 Å². The van der Waals surface area contributed by atoms with E-state index in [1.165, 1.54) is 4.90 Å². The number of hydrogen-bond donors (Lipinski definition) is 2. The minimum Gasteiger partial charge on any atom is -0.481 e. The molecular weight excluding hydrogens is 420 g/mol. The predicted molar refractivity (Wildman–Crippen MR) is 123 cm³/mol. The van der Waals surface area contributed by atoms with E-state index in [9.17, 15) is 14.4 Å². The van der Waals surface area contributed by atoms with Gasteiger partial charge in [0, 0.05) is 12.3 Å². The van der Waals surface area contributed by atoms with E-state index >= 15 is 0 Å². The Bertz CT molecular complexity index is 1070. The van der Waals surface area contributed by atoms with Crippen LogP contribution in [0.5, 0.6) is 0 Å². The number of carboxylic acids is 1. The van der Waals surface area contributed by atoms with Crippen molar-refractivity contribution in [3.8, 4) is 35.8 Å². The first-order chi connectivity index (χ1) is 16.0. The van der Waals surface area contributed by atoms with Crippen molar-refractivity contribution in [1.29, 1.82) is 0 Å². The van der Waals surface area contributed by atoms with Gasteiger partial charge < -0.3 is 20.1 Å². The molecule has 0 fully saturated rings. The number of rotatable bonds is 9. The number of hydrogen-bond acceptors (Lipinski definition) is 4. The highest BCUT2D eigenvalue weighted by Crippen LogP contribution is 2.44. The molecule has 1 aliphatic carbocycles. The maximum atomic E-state index is 12.8. The van der Waals surface area contributed by atoms with Crippen LogP contribution < -0.4 is 5.32 Å². The highest BCUT2D eigenvalue weighted by Gasteiger charge is 2.30. The van der Waals surface area contributed by atoms with Crippen molar-refractivity contribution in [1.82, 2.24) is 10.2 Å². The molecule has 0 saturated heterocycles. The van der Waals surface area contributed by atoms with E-state index in [0.29, 0.717) is 0 Å². The van der Waals surface area contributed by atoms with Gasteiger partial charge in [-0.25, -0.2) is 4.79 Å². The molecule has 3 rings (SSSR count). The first-order valence-corrected chi connectivity index (χ1v) is 10.4. The molecule has 1 atom stereocenters. The topological polar surface area (TPSA) is 95.9 Å². The molecule has 0 aliphatic heterocycles. The number of aliphatic carboxylic acids is 1. The second kappa shape index (κ2) is 10.9. The third kappa shape index (κ3) is 5.53. The summed E-state index contributed by atoms with van der Waals surface area (Å²) in [6, 6.07) is 14.7. The Hall–Kier alpha value is -4.23. The van der Waals surface area contributed by atoms with E-state index in [2.05, 4.69) is 17.2 Å². The second-order valence-electron chi connectivity index (χ2n) is 7.56. The maximum absolute atomic E-state index is 12.8. The summed E-state index contributed by atoms with van der Waals surface area (Å²) >= 11 is 0. The molecule has 2 aromatic rings. The van der Waals surface area contributed by atoms with Crippen molar-refractivity contribution in [2.75, 3.05) is 19.7 Å². The normalized spacial score (nSPS) is 12.4. The van der Waals surface area contributed by atoms with E-state index in [-0.39, 0.29) is 38.5 Å². The van der Waals surface area contributed by atoms with Gasteiger partial charge in [0.25, 0.3) is 0 Å². The molecule has 0 aromatic heterocycles. The first kappa shape index (κ1) is 23.4. The molecule has 2 aromatic carbocycles. The molecule has 2 amide bonds. The monoisotopic (exact) mass is 444 g/mol. The van der Waals surface area contributed by atoms with Crippen LogP contribution >= 0.6 is 0 Å². The summed E-state index contributed by atoms with van der Waals surface area (Å²) in [7, 11) is 0. The molecule has 0 radical (unpaired) electrons. The van der Waals surface area contributed by atoms with Gasteiger partial charge in [-0.15, -0.1) is 12.8 Å². The Kier molecular flexibility index (Phi) is 7.73. The summed E-state index contributed by atoms with van der Waals surface area (Å²) in [5, 5.41) is 11.5. The lowest BCUT2D eigenvalue weighted by Gasteiger charge is -2.25. The largest absolute Gasteiger partial charge is 0.481 e. The van der Waals surface area contributed by atoms with E-state index in [1.807, 2.05) is 48.5 Å². The number of carbonyl (C=O) groups is 3. The molecule has 33 heavy (non-hydrogen) atoms. The van der Waals surface area contributed by atoms with Crippen LogP contribution in [-0.4, -0.2) is 53.7 Å². The van der Waals surface area contributed by atoms with Crippen LogP contribution in [0.2, 0.25) is 0 Å². The predicted octanol–water partition coefficient (Wildman–Crippen LogP) is 2.85. The number of terminal acetylenes is 2. The molecule has 1 unspecified atom stereocenters. The van der Waals surface area contributed by atoms with Crippen molar-refractivity contribution < 1.29 is 24.2 Å². The van der Waals surface area contributed by atoms with Crippen LogP contribution in [0.25, 0.3) is 11.1 Å². The lowest BCUT2D eigenvalue weighted by atomic mass is 9.98. The zero-order chi connectivity index (χ0) is 23.8. The molecular formula is C26H24N2O5. The Morgan fingerprint density at radius 1 is 1.00 bits per heavy atom. The number of fused-ring (bicyclic) bond motifs is 3. The summed E-state index contributed by atoms with van der Waals surface area (Å²) < 4.78 is 5.48. The van der Waals surface area contributed by atoms with Gasteiger partial charge in [-0.2, -0.15) is 0 Å². The van der Waals surface area contributed by atoms with E-state index in [4.69, 9.17) is 22.7 Å². The Morgan fingerprint density at radius 3 is 2.06 bits per heavy atom. The number of carboxylic acid groups (broad SMARTS) is 1. The van der Waals surface area contributed by atoms with Crippen molar-refractivity contribution in [3.05, 3.63) is 59.7 Å². The number of nitrogens with zero attached hydrogens (tertiary/aromatic N) is 1. The molecule has 0 bridgehead atoms. The van der Waals surface area contributed by atoms with Crippen LogP contribution in [0, 0.1) is 24.7 Å². The molecule has 168 valence electrons. The minimum absolute atomic E-state index is 0.0566. The zero-order valence-corrected chi connectivity index (χ0v) is 18.0. The van der Waals surface area contributed by atoms with Gasteiger partial charge in [0.15, 0.2) is 0 Å². The third-order valence-electron chi connectivity index (χ3n) is 5.46. The first-order valence-electron chi connectivity index (χ1n) is 10.4. The Balaban J connectivity index is 1.70. The van der Waals surface area contributed by atoms with Crippen LogP contribution in [0.1, 0.15) is 29.9 Å². The van der Waals surface area contributed by atoms with E-state index < -0.39 is 24.0 Å². The fourth-order valence-electron chi connectivity index (χ4n) is 3.96. The van der Waals surface area contributed by atoms with Crippen LogP contribution in [-0.2, 0) is 14.3 Å². The SMILES string of the molecule is C#CCN(CC#C)C(=O)C(CCC(=O)O)NC(=O)OCC1c2ccccc2-c2ccccc21. The lowest BCUT2D eigenvalue weighted by molar-refractivity contribution is -0.137. The highest BCUT2D eigenvalue weighted by molar-refractivity contribution is 5.86. The average Bonchev–Trinajstić information content (AvgIpc) is 3.13. The number of nitrogens with one attached hydrogen (secondary N) is 1. The van der Waals surface area contributed by atoms with Crippen LogP contribution in [0.3, 0.4) is 0 Å². The smallest absolute Gasteiger partial charge is 0.407 e. The summed E-state index contributed by atoms with van der Waals surface area (Å²) in [6.45, 7) is -0.0456. The molecule has 0 saturated carbocycles. The molecule has 1 aliphatic rings. The fraction of sp³-hybridized carbons (Fsp3) is 0.269. The third-order valence-corrected chi connectivity index (χ3v) is 5.46. The number of ether oxygens (including phenoxy) is 1. The van der Waals surface area contributed by atoms with Crippen LogP contribution in [0.4, 0.5) is 4.79 Å². The van der Waals surface area contributed by atoms with E-state index in [0.717, 1.165) is 22.3 Å². The molecule has 2 N–H and O–H groups in total. The summed E-state index contributed by atoms with van der Waals surface area (Å²) in [4.78, 5) is 37.7. The highest BCUT2D eigenvalue weighted by atomic mass is 16.5. The number of amides is 2. The minimum atomic E-state index is -1.13. The average molecular weight is 444 g/mol. The molecule has 0 heterocycles. The van der Waals surface area contributed by atoms with Crippen molar-refractivity contribution >= 4 is 18.0 Å². The van der Waals surface area contributed by atoms with Gasteiger partial charge in [0.2, 0.25) is 5.91 Å². The maximum Gasteiger partial charge on any atom is 0.407 e. The summed E-state index contributed by atoms with van der Waals surface area (Å²) in [6.07, 6.45) is 9.34. The van der Waals surface area contributed by atoms with Gasteiger partial charge >= 0.3 is 12.1 Å². The van der Waals surface area contributed by atoms with Crippen molar-refractivity contribution in [2.24, 2.45) is 0 Å². The van der Waals surface area contributed by atoms with Gasteiger partial charge in [0.1, 0.15) is 12.6 Å². The Labute approximate surface area is 192 Å². The van der Waals surface area contributed by atoms with Gasteiger partial charge in [-0.1, -0.05) is 60.4 Å². The van der Waals surface area contributed by atoms with Crippen LogP contribution in [0.15, 0.2) is 48.5 Å². The van der Waals surface area contributed by atoms with E-state index in [1.54, 1.807) is 0 Å². The van der Waals surface area contributed by atoms with Gasteiger partial charge in [-0.05, 0) is 28.7 Å². The summed E-state index contributed by atoms with van der Waals surface area (Å²) in [5.74, 6) is 2.88. The molecule has 0 spiro atoms. The Morgan fingerprint density at radius 2 is 1.55 bits per heavy atom. The summed E-state index contributed by atoms with van der Waals surface area (Å²) in [5.41, 5.74) is 4.30. The zero-order valence-electron chi connectivity index (χ0n) is 18.0. The van der Waals surface area contributed by atoms with Gasteiger partial charge in [-0.3, -0.25) is 9.59 Å². The second-order valence-corrected chi connectivity index (χ2v) is 7.56.